The normalized spacial score (nSPS) is 24.2. The Balaban J connectivity index is 0.00000182. The number of carbonyl (C=O) groups excluding carboxylic acids is 1. The minimum absolute atomic E-state index is 0. The largest absolute Gasteiger partial charge is 0.460 e. The lowest BCUT2D eigenvalue weighted by Gasteiger charge is -2.37. The summed E-state index contributed by atoms with van der Waals surface area (Å²) < 4.78 is 7.21. The summed E-state index contributed by atoms with van der Waals surface area (Å²) >= 11 is 1.72. The lowest BCUT2D eigenvalue weighted by atomic mass is 9.91. The van der Waals surface area contributed by atoms with Crippen LogP contribution < -0.4 is 0 Å². The van der Waals surface area contributed by atoms with Crippen LogP contribution in [0, 0.1) is 0 Å². The van der Waals surface area contributed by atoms with E-state index in [0.29, 0.717) is 12.5 Å². The Labute approximate surface area is 159 Å². The third-order valence-electron chi connectivity index (χ3n) is 5.48. The number of nitrogens with zero attached hydrogens (tertiary/aromatic N) is 1. The summed E-state index contributed by atoms with van der Waals surface area (Å²) in [5, 5.41) is 3.28. The molecule has 0 N–H and O–H groups in total. The second kappa shape index (κ2) is 8.52. The molecule has 1 aromatic carbocycles. The molecule has 2 aromatic rings. The maximum Gasteiger partial charge on any atom is 0.310 e. The fraction of sp³-hybridized carbons (Fsp3) is 0.550. The number of benzene rings is 1. The third kappa shape index (κ3) is 4.18. The van der Waals surface area contributed by atoms with Crippen LogP contribution >= 0.6 is 23.7 Å². The molecule has 5 heteroatoms. The topological polar surface area (TPSA) is 29.5 Å². The van der Waals surface area contributed by atoms with Gasteiger partial charge in [0.1, 0.15) is 6.10 Å². The van der Waals surface area contributed by atoms with E-state index >= 15 is 0 Å². The lowest BCUT2D eigenvalue weighted by Crippen LogP contribution is -2.46. The Hall–Kier alpha value is -1.10. The van der Waals surface area contributed by atoms with Crippen LogP contribution in [0.25, 0.3) is 10.1 Å². The molecule has 4 rings (SSSR count). The van der Waals surface area contributed by atoms with Gasteiger partial charge in [0.15, 0.2) is 0 Å². The number of likely N-dealkylation sites (tertiary alicyclic amines) is 1. The van der Waals surface area contributed by atoms with E-state index in [1.165, 1.54) is 55.3 Å². The maximum absolute atomic E-state index is 12.6. The van der Waals surface area contributed by atoms with Crippen LogP contribution in [0.5, 0.6) is 0 Å². The Bertz CT molecular complexity index is 711. The van der Waals surface area contributed by atoms with Crippen molar-refractivity contribution in [1.29, 1.82) is 0 Å². The van der Waals surface area contributed by atoms with E-state index in [0.717, 1.165) is 12.0 Å². The van der Waals surface area contributed by atoms with E-state index in [4.69, 9.17) is 4.74 Å². The second-order valence-electron chi connectivity index (χ2n) is 7.05. The highest BCUT2D eigenvalue weighted by molar-refractivity contribution is 7.17. The summed E-state index contributed by atoms with van der Waals surface area (Å²) in [5.41, 5.74) is 1.09. The number of rotatable bonds is 4. The van der Waals surface area contributed by atoms with Gasteiger partial charge in [-0.2, -0.15) is 0 Å². The number of thiophene rings is 1. The van der Waals surface area contributed by atoms with Crippen molar-refractivity contribution in [2.24, 2.45) is 0 Å². The van der Waals surface area contributed by atoms with Gasteiger partial charge in [0.2, 0.25) is 0 Å². The standard InChI is InChI=1S/C20H25NO2S.ClH/c22-20(14-15-6-5-9-19-16(15)10-13-24-19)23-18-8-2-1-7-17(18)21-11-3-4-12-21;/h5-6,9-10,13,17-18H,1-4,7-8,11-12,14H2;1H/t17-,18-;/m1./s1. The van der Waals surface area contributed by atoms with Crippen LogP contribution in [0.3, 0.4) is 0 Å². The van der Waals surface area contributed by atoms with E-state index in [1.807, 2.05) is 6.07 Å². The molecular weight excluding hydrogens is 354 g/mol. The van der Waals surface area contributed by atoms with Gasteiger partial charge in [-0.05, 0) is 73.7 Å². The Kier molecular flexibility index (Phi) is 6.37. The second-order valence-corrected chi connectivity index (χ2v) is 8.00. The summed E-state index contributed by atoms with van der Waals surface area (Å²) in [4.78, 5) is 15.1. The Morgan fingerprint density at radius 2 is 1.92 bits per heavy atom. The van der Waals surface area contributed by atoms with Gasteiger partial charge < -0.3 is 4.74 Å². The highest BCUT2D eigenvalue weighted by atomic mass is 35.5. The summed E-state index contributed by atoms with van der Waals surface area (Å²) in [5.74, 6) is -0.0650. The molecule has 2 heterocycles. The fourth-order valence-corrected chi connectivity index (χ4v) is 5.12. The molecule has 1 saturated carbocycles. The first-order valence-electron chi connectivity index (χ1n) is 9.20. The van der Waals surface area contributed by atoms with Gasteiger partial charge >= 0.3 is 5.97 Å². The van der Waals surface area contributed by atoms with E-state index < -0.39 is 0 Å². The molecule has 3 nitrogen and oxygen atoms in total. The average Bonchev–Trinajstić information content (AvgIpc) is 3.27. The zero-order valence-electron chi connectivity index (χ0n) is 14.5. The molecule has 0 bridgehead atoms. The maximum atomic E-state index is 12.6. The van der Waals surface area contributed by atoms with Crippen LogP contribution in [0.4, 0.5) is 0 Å². The van der Waals surface area contributed by atoms with Crippen LogP contribution in [0.15, 0.2) is 29.6 Å². The third-order valence-corrected chi connectivity index (χ3v) is 6.36. The van der Waals surface area contributed by atoms with Crippen molar-refractivity contribution in [2.75, 3.05) is 13.1 Å². The minimum Gasteiger partial charge on any atom is -0.460 e. The van der Waals surface area contributed by atoms with Gasteiger partial charge in [0, 0.05) is 10.7 Å². The van der Waals surface area contributed by atoms with E-state index in [1.54, 1.807) is 11.3 Å². The van der Waals surface area contributed by atoms with Gasteiger partial charge in [-0.15, -0.1) is 23.7 Å². The first-order chi connectivity index (χ1) is 11.8. The van der Waals surface area contributed by atoms with Crippen LogP contribution in [0.2, 0.25) is 0 Å². The molecule has 2 atom stereocenters. The van der Waals surface area contributed by atoms with Crippen molar-refractivity contribution < 1.29 is 9.53 Å². The van der Waals surface area contributed by atoms with Crippen molar-refractivity contribution in [3.05, 3.63) is 35.2 Å². The zero-order chi connectivity index (χ0) is 16.4. The van der Waals surface area contributed by atoms with Gasteiger partial charge in [-0.3, -0.25) is 9.69 Å². The zero-order valence-corrected chi connectivity index (χ0v) is 16.1. The van der Waals surface area contributed by atoms with Crippen LogP contribution in [0.1, 0.15) is 44.1 Å². The van der Waals surface area contributed by atoms with Gasteiger partial charge in [-0.1, -0.05) is 18.6 Å². The average molecular weight is 380 g/mol. The smallest absolute Gasteiger partial charge is 0.310 e. The SMILES string of the molecule is Cl.O=C(Cc1cccc2sccc12)O[C@@H]1CCCC[C@H]1N1CCCC1. The molecule has 1 saturated heterocycles. The number of carbonyl (C=O) groups is 1. The lowest BCUT2D eigenvalue weighted by molar-refractivity contribution is -0.153. The van der Waals surface area contributed by atoms with Crippen molar-refractivity contribution in [1.82, 2.24) is 4.90 Å². The van der Waals surface area contributed by atoms with Crippen LogP contribution in [-0.2, 0) is 16.0 Å². The van der Waals surface area contributed by atoms with Crippen molar-refractivity contribution in [2.45, 2.75) is 57.1 Å². The summed E-state index contributed by atoms with van der Waals surface area (Å²) in [6.45, 7) is 2.35. The molecule has 136 valence electrons. The molecule has 2 fully saturated rings. The van der Waals surface area contributed by atoms with Gasteiger partial charge in [0.05, 0.1) is 6.42 Å². The molecule has 0 spiro atoms. The molecule has 2 aliphatic rings. The number of esters is 1. The van der Waals surface area contributed by atoms with Gasteiger partial charge in [-0.25, -0.2) is 0 Å². The van der Waals surface area contributed by atoms with Crippen molar-refractivity contribution >= 4 is 39.8 Å². The molecule has 0 unspecified atom stereocenters. The Morgan fingerprint density at radius 3 is 2.76 bits per heavy atom. The van der Waals surface area contributed by atoms with E-state index in [-0.39, 0.29) is 24.5 Å². The number of hydrogen-bond acceptors (Lipinski definition) is 4. The number of fused-ring (bicyclic) bond motifs is 1. The monoisotopic (exact) mass is 379 g/mol. The summed E-state index contributed by atoms with van der Waals surface area (Å²) in [6, 6.07) is 8.75. The molecule has 0 radical (unpaired) electrons. The van der Waals surface area contributed by atoms with E-state index in [9.17, 15) is 4.79 Å². The quantitative estimate of drug-likeness (QED) is 0.713. The summed E-state index contributed by atoms with van der Waals surface area (Å²) in [7, 11) is 0. The van der Waals surface area contributed by atoms with Crippen molar-refractivity contribution in [3.8, 4) is 0 Å². The predicted molar refractivity (Wildman–Crippen MR) is 106 cm³/mol. The number of ether oxygens (including phenoxy) is 1. The molecule has 1 aliphatic heterocycles. The summed E-state index contributed by atoms with van der Waals surface area (Å²) in [6.07, 6.45) is 7.71. The number of halogens is 1. The van der Waals surface area contributed by atoms with Crippen molar-refractivity contribution in [3.63, 3.8) is 0 Å². The van der Waals surface area contributed by atoms with E-state index in [2.05, 4.69) is 28.5 Å². The molecule has 1 aromatic heterocycles. The fourth-order valence-electron chi connectivity index (χ4n) is 4.28. The highest BCUT2D eigenvalue weighted by Crippen LogP contribution is 2.29. The Morgan fingerprint density at radius 1 is 1.12 bits per heavy atom. The first kappa shape index (κ1) is 18.7. The molecule has 0 amide bonds. The first-order valence-corrected chi connectivity index (χ1v) is 10.1. The van der Waals surface area contributed by atoms with Gasteiger partial charge in [0.25, 0.3) is 0 Å². The van der Waals surface area contributed by atoms with Crippen LogP contribution in [-0.4, -0.2) is 36.1 Å². The minimum atomic E-state index is -0.0650. The molecular formula is C20H26ClNO2S. The molecule has 1 aliphatic carbocycles. The number of hydrogen-bond donors (Lipinski definition) is 0. The predicted octanol–water partition coefficient (Wildman–Crippen LogP) is 4.82. The molecule has 25 heavy (non-hydrogen) atoms. The highest BCUT2D eigenvalue weighted by Gasteiger charge is 2.33.